The van der Waals surface area contributed by atoms with Crippen molar-refractivity contribution in [2.75, 3.05) is 6.61 Å². The van der Waals surface area contributed by atoms with E-state index in [1.54, 1.807) is 0 Å². The third-order valence-electron chi connectivity index (χ3n) is 3.12. The fourth-order valence-corrected chi connectivity index (χ4v) is 2.12. The number of aliphatic hydroxyl groups excluding tert-OH is 1. The fourth-order valence-electron chi connectivity index (χ4n) is 2.12. The van der Waals surface area contributed by atoms with Crippen LogP contribution in [0.5, 0.6) is 0 Å². The normalized spacial score (nSPS) is 19.6. The zero-order chi connectivity index (χ0) is 14.5. The number of rotatable bonds is 5. The molecule has 0 spiro atoms. The molecule has 1 N–H and O–H groups in total. The molecule has 2 amide bonds. The van der Waals surface area contributed by atoms with E-state index >= 15 is 0 Å². The van der Waals surface area contributed by atoms with Gasteiger partial charge in [0.25, 0.3) is 5.91 Å². The maximum atomic E-state index is 12.0. The fraction of sp³-hybridized carbons (Fsp3) is 0.357. The summed E-state index contributed by atoms with van der Waals surface area (Å²) < 4.78 is 4.87. The van der Waals surface area contributed by atoms with Crippen molar-refractivity contribution in [1.29, 1.82) is 0 Å². The Kier molecular flexibility index (Phi) is 4.47. The number of aliphatic hydroxyl groups is 1. The maximum absolute atomic E-state index is 12.0. The lowest BCUT2D eigenvalue weighted by atomic mass is 10.1. The Morgan fingerprint density at radius 2 is 2.15 bits per heavy atom. The molecule has 1 aromatic carbocycles. The second kappa shape index (κ2) is 6.29. The predicted octanol–water partition coefficient (Wildman–Crippen LogP) is 0.526. The summed E-state index contributed by atoms with van der Waals surface area (Å²) in [4.78, 5) is 34.8. The van der Waals surface area contributed by atoms with Crippen LogP contribution in [0.4, 0.5) is 4.79 Å². The SMILES string of the molecule is O=CC[C@H](O)C(=O)N1C(=O)OC[C@@H]1Cc1ccccc1. The molecule has 0 unspecified atom stereocenters. The topological polar surface area (TPSA) is 83.9 Å². The molecule has 0 bridgehead atoms. The predicted molar refractivity (Wildman–Crippen MR) is 68.8 cm³/mol. The highest BCUT2D eigenvalue weighted by atomic mass is 16.6. The molecular weight excluding hydrogens is 262 g/mol. The van der Waals surface area contributed by atoms with Crippen molar-refractivity contribution >= 4 is 18.3 Å². The number of cyclic esters (lactones) is 1. The van der Waals surface area contributed by atoms with E-state index in [0.29, 0.717) is 12.7 Å². The Morgan fingerprint density at radius 1 is 1.45 bits per heavy atom. The van der Waals surface area contributed by atoms with E-state index in [2.05, 4.69) is 0 Å². The van der Waals surface area contributed by atoms with Crippen LogP contribution in [0.3, 0.4) is 0 Å². The Bertz CT molecular complexity index is 502. The highest BCUT2D eigenvalue weighted by molar-refractivity contribution is 5.96. The van der Waals surface area contributed by atoms with Crippen molar-refractivity contribution in [3.05, 3.63) is 35.9 Å². The smallest absolute Gasteiger partial charge is 0.417 e. The van der Waals surface area contributed by atoms with Crippen LogP contribution in [0.2, 0.25) is 0 Å². The molecule has 1 aromatic rings. The van der Waals surface area contributed by atoms with Gasteiger partial charge in [-0.3, -0.25) is 4.79 Å². The van der Waals surface area contributed by atoms with Gasteiger partial charge in [0.15, 0.2) is 0 Å². The van der Waals surface area contributed by atoms with E-state index in [1.165, 1.54) is 0 Å². The average Bonchev–Trinajstić information content (AvgIpc) is 2.80. The van der Waals surface area contributed by atoms with E-state index in [-0.39, 0.29) is 13.0 Å². The summed E-state index contributed by atoms with van der Waals surface area (Å²) in [5, 5.41) is 9.55. The average molecular weight is 277 g/mol. The zero-order valence-corrected chi connectivity index (χ0v) is 10.8. The van der Waals surface area contributed by atoms with Crippen LogP contribution < -0.4 is 0 Å². The summed E-state index contributed by atoms with van der Waals surface area (Å²) in [5.74, 6) is -0.791. The van der Waals surface area contributed by atoms with Gasteiger partial charge in [0.2, 0.25) is 0 Å². The molecule has 106 valence electrons. The molecule has 1 aliphatic rings. The van der Waals surface area contributed by atoms with E-state index in [4.69, 9.17) is 4.74 Å². The highest BCUT2D eigenvalue weighted by Gasteiger charge is 2.40. The molecule has 1 fully saturated rings. The molecule has 0 radical (unpaired) electrons. The lowest BCUT2D eigenvalue weighted by molar-refractivity contribution is -0.139. The van der Waals surface area contributed by atoms with Gasteiger partial charge in [-0.2, -0.15) is 0 Å². The summed E-state index contributed by atoms with van der Waals surface area (Å²) in [6.07, 6.45) is -1.72. The number of aldehydes is 1. The highest BCUT2D eigenvalue weighted by Crippen LogP contribution is 2.18. The van der Waals surface area contributed by atoms with Crippen LogP contribution in [0.15, 0.2) is 30.3 Å². The summed E-state index contributed by atoms with van der Waals surface area (Å²) >= 11 is 0. The Labute approximate surface area is 115 Å². The molecule has 6 nitrogen and oxygen atoms in total. The molecular formula is C14H15NO5. The number of ether oxygens (including phenoxy) is 1. The van der Waals surface area contributed by atoms with Gasteiger partial charge in [-0.05, 0) is 12.0 Å². The first-order valence-corrected chi connectivity index (χ1v) is 6.29. The second-order valence-electron chi connectivity index (χ2n) is 4.55. The molecule has 0 aliphatic carbocycles. The molecule has 1 heterocycles. The second-order valence-corrected chi connectivity index (χ2v) is 4.55. The third-order valence-corrected chi connectivity index (χ3v) is 3.12. The van der Waals surface area contributed by atoms with Crippen molar-refractivity contribution in [3.8, 4) is 0 Å². The molecule has 6 heteroatoms. The van der Waals surface area contributed by atoms with E-state index < -0.39 is 24.1 Å². The molecule has 0 saturated carbocycles. The van der Waals surface area contributed by atoms with Crippen molar-refractivity contribution in [2.24, 2.45) is 0 Å². The molecule has 2 atom stereocenters. The first kappa shape index (κ1) is 14.2. The monoisotopic (exact) mass is 277 g/mol. The quantitative estimate of drug-likeness (QED) is 0.793. The number of amides is 2. The Morgan fingerprint density at radius 3 is 2.80 bits per heavy atom. The zero-order valence-electron chi connectivity index (χ0n) is 10.8. The van der Waals surface area contributed by atoms with E-state index in [0.717, 1.165) is 10.5 Å². The Balaban J connectivity index is 2.10. The van der Waals surface area contributed by atoms with Crippen molar-refractivity contribution in [1.82, 2.24) is 4.90 Å². The van der Waals surface area contributed by atoms with Gasteiger partial charge in [0.05, 0.1) is 6.04 Å². The number of carbonyl (C=O) groups excluding carboxylic acids is 3. The van der Waals surface area contributed by atoms with Gasteiger partial charge >= 0.3 is 6.09 Å². The van der Waals surface area contributed by atoms with Crippen LogP contribution in [0.1, 0.15) is 12.0 Å². The van der Waals surface area contributed by atoms with E-state index in [1.807, 2.05) is 30.3 Å². The van der Waals surface area contributed by atoms with Gasteiger partial charge in [-0.15, -0.1) is 0 Å². The van der Waals surface area contributed by atoms with Crippen LogP contribution in [-0.4, -0.2) is 47.0 Å². The van der Waals surface area contributed by atoms with Gasteiger partial charge in [0, 0.05) is 6.42 Å². The molecule has 1 aliphatic heterocycles. The summed E-state index contributed by atoms with van der Waals surface area (Å²) in [6, 6.07) is 8.90. The first-order valence-electron chi connectivity index (χ1n) is 6.29. The largest absolute Gasteiger partial charge is 0.447 e. The molecule has 2 rings (SSSR count). The van der Waals surface area contributed by atoms with Crippen LogP contribution in [0, 0.1) is 0 Å². The van der Waals surface area contributed by atoms with E-state index in [9.17, 15) is 19.5 Å². The number of hydrogen-bond donors (Lipinski definition) is 1. The molecule has 20 heavy (non-hydrogen) atoms. The number of nitrogens with zero attached hydrogens (tertiary/aromatic N) is 1. The summed E-state index contributed by atoms with van der Waals surface area (Å²) in [5.41, 5.74) is 0.957. The number of imide groups is 1. The van der Waals surface area contributed by atoms with Crippen LogP contribution in [-0.2, 0) is 20.7 Å². The lowest BCUT2D eigenvalue weighted by Crippen LogP contribution is -2.45. The third kappa shape index (κ3) is 3.03. The van der Waals surface area contributed by atoms with Gasteiger partial charge < -0.3 is 14.6 Å². The number of carbonyl (C=O) groups is 3. The first-order chi connectivity index (χ1) is 9.63. The Hall–Kier alpha value is -2.21. The van der Waals surface area contributed by atoms with Crippen LogP contribution >= 0.6 is 0 Å². The number of benzene rings is 1. The minimum absolute atomic E-state index is 0.0906. The molecule has 0 aromatic heterocycles. The van der Waals surface area contributed by atoms with Crippen molar-refractivity contribution < 1.29 is 24.2 Å². The van der Waals surface area contributed by atoms with Gasteiger partial charge in [-0.1, -0.05) is 30.3 Å². The summed E-state index contributed by atoms with van der Waals surface area (Å²) in [7, 11) is 0. The minimum Gasteiger partial charge on any atom is -0.447 e. The number of hydrogen-bond acceptors (Lipinski definition) is 5. The van der Waals surface area contributed by atoms with Crippen LogP contribution in [0.25, 0.3) is 0 Å². The van der Waals surface area contributed by atoms with Gasteiger partial charge in [-0.25, -0.2) is 9.69 Å². The van der Waals surface area contributed by atoms with Gasteiger partial charge in [0.1, 0.15) is 19.0 Å². The van der Waals surface area contributed by atoms with Crippen molar-refractivity contribution in [2.45, 2.75) is 25.0 Å². The maximum Gasteiger partial charge on any atom is 0.417 e. The standard InChI is InChI=1S/C14H15NO5/c16-7-6-12(17)13(18)15-11(9-20-14(15)19)8-10-4-2-1-3-5-10/h1-5,7,11-12,17H,6,8-9H2/t11-,12-/m0/s1. The minimum atomic E-state index is -1.50. The summed E-state index contributed by atoms with van der Waals surface area (Å²) in [6.45, 7) is 0.0906. The van der Waals surface area contributed by atoms with Crippen molar-refractivity contribution in [3.63, 3.8) is 0 Å². The lowest BCUT2D eigenvalue weighted by Gasteiger charge is -2.21. The molecule has 1 saturated heterocycles.